The van der Waals surface area contributed by atoms with Gasteiger partial charge in [-0.05, 0) is 58.4 Å². The minimum absolute atomic E-state index is 0.244. The number of aromatic amines is 2. The number of nitrogens with one attached hydrogen (secondary N) is 2. The SMILES string of the molecule is COc1ccc2cc(-c3ccnc4[nH]c(=S)[nH]c(=O)c34)ccc2c1. The van der Waals surface area contributed by atoms with Crippen molar-refractivity contribution < 1.29 is 4.74 Å². The molecule has 0 radical (unpaired) electrons. The van der Waals surface area contributed by atoms with Crippen LogP contribution >= 0.6 is 12.2 Å². The molecular formula is C18H13N3O2S. The Morgan fingerprint density at radius 3 is 2.67 bits per heavy atom. The van der Waals surface area contributed by atoms with Gasteiger partial charge in [-0.1, -0.05) is 18.2 Å². The molecule has 2 heterocycles. The summed E-state index contributed by atoms with van der Waals surface area (Å²) in [5.41, 5.74) is 1.99. The Morgan fingerprint density at radius 1 is 1.04 bits per heavy atom. The lowest BCUT2D eigenvalue weighted by Gasteiger charge is -2.08. The van der Waals surface area contributed by atoms with Crippen molar-refractivity contribution in [1.82, 2.24) is 15.0 Å². The van der Waals surface area contributed by atoms with E-state index in [-0.39, 0.29) is 10.3 Å². The summed E-state index contributed by atoms with van der Waals surface area (Å²) in [6, 6.07) is 13.8. The zero-order chi connectivity index (χ0) is 16.7. The number of rotatable bonds is 2. The summed E-state index contributed by atoms with van der Waals surface area (Å²) >= 11 is 5.01. The van der Waals surface area contributed by atoms with Gasteiger partial charge >= 0.3 is 0 Å². The molecule has 0 aliphatic rings. The van der Waals surface area contributed by atoms with E-state index in [1.807, 2.05) is 42.5 Å². The number of pyridine rings is 1. The third-order valence-electron chi connectivity index (χ3n) is 4.00. The Hall–Kier alpha value is -2.99. The molecule has 0 aliphatic heterocycles. The lowest BCUT2D eigenvalue weighted by Crippen LogP contribution is -2.09. The number of nitrogens with zero attached hydrogens (tertiary/aromatic N) is 1. The number of ether oxygens (including phenoxy) is 1. The van der Waals surface area contributed by atoms with Crippen molar-refractivity contribution in [3.63, 3.8) is 0 Å². The second kappa shape index (κ2) is 5.58. The second-order valence-corrected chi connectivity index (χ2v) is 5.83. The van der Waals surface area contributed by atoms with Gasteiger partial charge in [0.05, 0.1) is 12.5 Å². The van der Waals surface area contributed by atoms with Crippen molar-refractivity contribution in [3.05, 3.63) is 63.8 Å². The molecule has 6 heteroatoms. The molecule has 0 fully saturated rings. The van der Waals surface area contributed by atoms with Crippen LogP contribution in [0.25, 0.3) is 32.9 Å². The Balaban J connectivity index is 1.99. The fourth-order valence-corrected chi connectivity index (χ4v) is 3.04. The molecule has 0 aliphatic carbocycles. The summed E-state index contributed by atoms with van der Waals surface area (Å²) in [5.74, 6) is 0.814. The molecule has 5 nitrogen and oxygen atoms in total. The number of hydrogen-bond acceptors (Lipinski definition) is 4. The molecule has 2 aromatic carbocycles. The van der Waals surface area contributed by atoms with Crippen LogP contribution in [0.2, 0.25) is 0 Å². The molecule has 0 bridgehead atoms. The van der Waals surface area contributed by atoms with Gasteiger partial charge in [0, 0.05) is 6.20 Å². The standard InChI is InChI=1S/C18H13N3O2S/c1-23-13-5-4-10-8-12(3-2-11(10)9-13)14-6-7-19-16-15(14)17(22)21-18(24)20-16/h2-9H,1H3,(H2,19,20,21,22,24). The highest BCUT2D eigenvalue weighted by Crippen LogP contribution is 2.29. The van der Waals surface area contributed by atoms with E-state index >= 15 is 0 Å². The summed E-state index contributed by atoms with van der Waals surface area (Å²) < 4.78 is 5.52. The summed E-state index contributed by atoms with van der Waals surface area (Å²) in [6.07, 6.45) is 1.67. The Bertz CT molecular complexity index is 1190. The second-order valence-electron chi connectivity index (χ2n) is 5.42. The number of benzene rings is 2. The van der Waals surface area contributed by atoms with Crippen molar-refractivity contribution in [2.75, 3.05) is 7.11 Å². The van der Waals surface area contributed by atoms with Gasteiger partial charge in [-0.25, -0.2) is 4.98 Å². The smallest absolute Gasteiger partial charge is 0.261 e. The number of fused-ring (bicyclic) bond motifs is 2. The summed E-state index contributed by atoms with van der Waals surface area (Å²) in [7, 11) is 1.65. The van der Waals surface area contributed by atoms with Crippen LogP contribution in [0.4, 0.5) is 0 Å². The van der Waals surface area contributed by atoms with Crippen LogP contribution in [0.1, 0.15) is 0 Å². The first-order valence-corrected chi connectivity index (χ1v) is 7.76. The van der Waals surface area contributed by atoms with Gasteiger partial charge in [-0.15, -0.1) is 0 Å². The number of H-pyrrole nitrogens is 2. The highest BCUT2D eigenvalue weighted by Gasteiger charge is 2.10. The number of aromatic nitrogens is 3. The minimum atomic E-state index is -0.244. The van der Waals surface area contributed by atoms with Crippen molar-refractivity contribution in [1.29, 1.82) is 0 Å². The molecule has 2 aromatic heterocycles. The summed E-state index contributed by atoms with van der Waals surface area (Å²) in [5, 5.41) is 2.64. The van der Waals surface area contributed by atoms with E-state index in [9.17, 15) is 4.79 Å². The van der Waals surface area contributed by atoms with Crippen molar-refractivity contribution in [2.24, 2.45) is 0 Å². The van der Waals surface area contributed by atoms with E-state index in [2.05, 4.69) is 15.0 Å². The fraction of sp³-hybridized carbons (Fsp3) is 0.0556. The van der Waals surface area contributed by atoms with Crippen LogP contribution in [-0.2, 0) is 0 Å². The molecule has 4 rings (SSSR count). The molecule has 0 atom stereocenters. The maximum atomic E-state index is 12.3. The zero-order valence-corrected chi connectivity index (χ0v) is 13.6. The predicted octanol–water partition coefficient (Wildman–Crippen LogP) is 3.81. The molecular weight excluding hydrogens is 322 g/mol. The zero-order valence-electron chi connectivity index (χ0n) is 12.8. The Labute approximate surface area is 142 Å². The lowest BCUT2D eigenvalue weighted by molar-refractivity contribution is 0.415. The van der Waals surface area contributed by atoms with E-state index in [0.717, 1.165) is 27.6 Å². The fourth-order valence-electron chi connectivity index (χ4n) is 2.85. The summed E-state index contributed by atoms with van der Waals surface area (Å²) in [6.45, 7) is 0. The summed E-state index contributed by atoms with van der Waals surface area (Å²) in [4.78, 5) is 22.1. The third-order valence-corrected chi connectivity index (χ3v) is 4.20. The molecule has 118 valence electrons. The topological polar surface area (TPSA) is 70.8 Å². The third kappa shape index (κ3) is 2.37. The predicted molar refractivity (Wildman–Crippen MR) is 97.0 cm³/mol. The maximum Gasteiger partial charge on any atom is 0.261 e. The molecule has 0 spiro atoms. The van der Waals surface area contributed by atoms with Gasteiger partial charge < -0.3 is 9.72 Å². The highest BCUT2D eigenvalue weighted by molar-refractivity contribution is 7.71. The van der Waals surface area contributed by atoms with Crippen LogP contribution < -0.4 is 10.3 Å². The van der Waals surface area contributed by atoms with E-state index < -0.39 is 0 Å². The Morgan fingerprint density at radius 2 is 1.83 bits per heavy atom. The molecule has 0 amide bonds. The first kappa shape index (κ1) is 14.6. The number of hydrogen-bond donors (Lipinski definition) is 2. The van der Waals surface area contributed by atoms with Crippen molar-refractivity contribution in [3.8, 4) is 16.9 Å². The lowest BCUT2D eigenvalue weighted by atomic mass is 10.00. The normalized spacial score (nSPS) is 11.0. The highest BCUT2D eigenvalue weighted by atomic mass is 32.1. The monoisotopic (exact) mass is 335 g/mol. The van der Waals surface area contributed by atoms with Gasteiger partial charge in [-0.2, -0.15) is 0 Å². The average Bonchev–Trinajstić information content (AvgIpc) is 2.60. The minimum Gasteiger partial charge on any atom is -0.497 e. The van der Waals surface area contributed by atoms with Crippen LogP contribution in [-0.4, -0.2) is 22.1 Å². The maximum absolute atomic E-state index is 12.3. The van der Waals surface area contributed by atoms with E-state index in [0.29, 0.717) is 11.0 Å². The van der Waals surface area contributed by atoms with E-state index in [1.165, 1.54) is 0 Å². The Kier molecular flexibility index (Phi) is 3.39. The quantitative estimate of drug-likeness (QED) is 0.547. The van der Waals surface area contributed by atoms with Gasteiger partial charge in [0.1, 0.15) is 11.4 Å². The van der Waals surface area contributed by atoms with Gasteiger partial charge in [-0.3, -0.25) is 9.78 Å². The van der Waals surface area contributed by atoms with Gasteiger partial charge in [0.2, 0.25) is 0 Å². The largest absolute Gasteiger partial charge is 0.497 e. The first-order chi connectivity index (χ1) is 11.7. The van der Waals surface area contributed by atoms with Crippen LogP contribution in [0, 0.1) is 4.77 Å². The van der Waals surface area contributed by atoms with Crippen LogP contribution in [0.3, 0.4) is 0 Å². The molecule has 0 unspecified atom stereocenters. The molecule has 4 aromatic rings. The van der Waals surface area contributed by atoms with Gasteiger partial charge in [0.15, 0.2) is 4.77 Å². The molecule has 2 N–H and O–H groups in total. The molecule has 0 saturated carbocycles. The number of methoxy groups -OCH3 is 1. The van der Waals surface area contributed by atoms with E-state index in [1.54, 1.807) is 13.3 Å². The van der Waals surface area contributed by atoms with Crippen molar-refractivity contribution in [2.45, 2.75) is 0 Å². The average molecular weight is 335 g/mol. The van der Waals surface area contributed by atoms with E-state index in [4.69, 9.17) is 17.0 Å². The van der Waals surface area contributed by atoms with Gasteiger partial charge in [0.25, 0.3) is 5.56 Å². The van der Waals surface area contributed by atoms with Crippen LogP contribution in [0.5, 0.6) is 5.75 Å². The first-order valence-electron chi connectivity index (χ1n) is 7.35. The van der Waals surface area contributed by atoms with Crippen LogP contribution in [0.15, 0.2) is 53.5 Å². The van der Waals surface area contributed by atoms with Crippen molar-refractivity contribution >= 4 is 34.0 Å². The molecule has 24 heavy (non-hydrogen) atoms. The molecule has 0 saturated heterocycles.